The average molecular weight is 371 g/mol. The van der Waals surface area contributed by atoms with Crippen molar-refractivity contribution in [2.24, 2.45) is 0 Å². The molecule has 0 fully saturated rings. The van der Waals surface area contributed by atoms with Crippen molar-refractivity contribution >= 4 is 23.6 Å². The Bertz CT molecular complexity index is 808. The Balaban J connectivity index is 1.82. The first-order valence-corrected chi connectivity index (χ1v) is 9.45. The normalized spacial score (nSPS) is 17.3. The highest BCUT2D eigenvalue weighted by Crippen LogP contribution is 2.32. The largest absolute Gasteiger partial charge is 0.493 e. The number of thioether (sulfide) groups is 1. The maximum absolute atomic E-state index is 12.9. The van der Waals surface area contributed by atoms with Gasteiger partial charge in [-0.15, -0.1) is 11.8 Å². The summed E-state index contributed by atoms with van der Waals surface area (Å²) < 4.78 is 5.75. The molecule has 0 aliphatic carbocycles. The summed E-state index contributed by atoms with van der Waals surface area (Å²) in [7, 11) is 0. The van der Waals surface area contributed by atoms with Gasteiger partial charge in [0.15, 0.2) is 0 Å². The second-order valence-corrected chi connectivity index (χ2v) is 7.53. The van der Waals surface area contributed by atoms with Gasteiger partial charge in [-0.1, -0.05) is 30.3 Å². The zero-order chi connectivity index (χ0) is 18.5. The molecule has 1 heterocycles. The van der Waals surface area contributed by atoms with E-state index in [1.807, 2.05) is 30.3 Å². The number of carboxylic acid groups (broad SMARTS) is 1. The number of benzene rings is 2. The van der Waals surface area contributed by atoms with Crippen LogP contribution in [0.3, 0.4) is 0 Å². The maximum atomic E-state index is 12.9. The fourth-order valence-corrected chi connectivity index (χ4v) is 3.84. The number of para-hydroxylation sites is 1. The number of rotatable bonds is 5. The predicted molar refractivity (Wildman–Crippen MR) is 101 cm³/mol. The van der Waals surface area contributed by atoms with Gasteiger partial charge < -0.3 is 15.2 Å². The topological polar surface area (TPSA) is 75.6 Å². The van der Waals surface area contributed by atoms with Crippen LogP contribution >= 0.6 is 11.8 Å². The van der Waals surface area contributed by atoms with Gasteiger partial charge in [-0.05, 0) is 38.0 Å². The molecule has 0 bridgehead atoms. The van der Waals surface area contributed by atoms with E-state index in [1.54, 1.807) is 25.1 Å². The van der Waals surface area contributed by atoms with Gasteiger partial charge in [-0.3, -0.25) is 9.59 Å². The molecule has 6 heteroatoms. The SMILES string of the molecule is CC(Sc1ccccc1C(=O)NC1CCCOc2ccccc21)C(=O)O. The molecular formula is C20H21NO4S. The van der Waals surface area contributed by atoms with E-state index in [-0.39, 0.29) is 11.9 Å². The van der Waals surface area contributed by atoms with Crippen LogP contribution < -0.4 is 10.1 Å². The van der Waals surface area contributed by atoms with Gasteiger partial charge in [0.05, 0.1) is 18.2 Å². The van der Waals surface area contributed by atoms with Crippen LogP contribution in [-0.4, -0.2) is 28.8 Å². The summed E-state index contributed by atoms with van der Waals surface area (Å²) in [4.78, 5) is 24.7. The minimum absolute atomic E-state index is 0.129. The van der Waals surface area contributed by atoms with E-state index in [0.717, 1.165) is 24.2 Å². The molecule has 26 heavy (non-hydrogen) atoms. The standard InChI is InChI=1S/C20H21NO4S/c1-13(20(23)24)26-18-11-5-3-8-15(18)19(22)21-16-9-6-12-25-17-10-4-2-7-14(16)17/h2-5,7-8,10-11,13,16H,6,9,12H2,1H3,(H,21,22)(H,23,24). The molecule has 3 rings (SSSR count). The lowest BCUT2D eigenvalue weighted by Gasteiger charge is -2.19. The highest BCUT2D eigenvalue weighted by Gasteiger charge is 2.23. The predicted octanol–water partition coefficient (Wildman–Crippen LogP) is 3.90. The number of hydrogen-bond acceptors (Lipinski definition) is 4. The summed E-state index contributed by atoms with van der Waals surface area (Å²) in [6, 6.07) is 14.7. The minimum atomic E-state index is -0.903. The molecule has 5 nitrogen and oxygen atoms in total. The van der Waals surface area contributed by atoms with Gasteiger partial charge in [-0.2, -0.15) is 0 Å². The van der Waals surface area contributed by atoms with E-state index >= 15 is 0 Å². The van der Waals surface area contributed by atoms with Crippen molar-refractivity contribution in [1.82, 2.24) is 5.32 Å². The number of carbonyl (C=O) groups is 2. The highest BCUT2D eigenvalue weighted by molar-refractivity contribution is 8.00. The molecule has 1 amide bonds. The molecule has 0 aromatic heterocycles. The second-order valence-electron chi connectivity index (χ2n) is 6.15. The molecule has 2 unspecified atom stereocenters. The van der Waals surface area contributed by atoms with Gasteiger partial charge >= 0.3 is 5.97 Å². The minimum Gasteiger partial charge on any atom is -0.493 e. The number of ether oxygens (including phenoxy) is 1. The number of hydrogen-bond donors (Lipinski definition) is 2. The first-order valence-electron chi connectivity index (χ1n) is 8.57. The summed E-state index contributed by atoms with van der Waals surface area (Å²) in [5, 5.41) is 11.6. The number of fused-ring (bicyclic) bond motifs is 1. The van der Waals surface area contributed by atoms with Crippen molar-refractivity contribution in [3.8, 4) is 5.75 Å². The second kappa shape index (κ2) is 8.27. The number of carboxylic acids is 1. The summed E-state index contributed by atoms with van der Waals surface area (Å²) in [5.74, 6) is -0.301. The lowest BCUT2D eigenvalue weighted by Crippen LogP contribution is -2.29. The molecule has 0 radical (unpaired) electrons. The Morgan fingerprint density at radius 1 is 1.19 bits per heavy atom. The summed E-state index contributed by atoms with van der Waals surface area (Å²) >= 11 is 1.17. The molecule has 0 saturated heterocycles. The molecule has 2 aromatic rings. The van der Waals surface area contributed by atoms with E-state index in [4.69, 9.17) is 9.84 Å². The molecule has 136 valence electrons. The van der Waals surface area contributed by atoms with E-state index in [0.29, 0.717) is 17.1 Å². The Morgan fingerprint density at radius 2 is 1.92 bits per heavy atom. The van der Waals surface area contributed by atoms with Crippen molar-refractivity contribution in [3.05, 3.63) is 59.7 Å². The Kier molecular flexibility index (Phi) is 5.83. The van der Waals surface area contributed by atoms with E-state index in [1.165, 1.54) is 11.8 Å². The third-order valence-electron chi connectivity index (χ3n) is 4.28. The van der Waals surface area contributed by atoms with Gasteiger partial charge in [0.25, 0.3) is 5.91 Å². The van der Waals surface area contributed by atoms with Gasteiger partial charge in [0.2, 0.25) is 0 Å². The Labute approximate surface area is 156 Å². The molecule has 1 aliphatic rings. The van der Waals surface area contributed by atoms with E-state index in [9.17, 15) is 9.59 Å². The molecule has 2 atom stereocenters. The van der Waals surface area contributed by atoms with Gasteiger partial charge in [0.1, 0.15) is 11.0 Å². The monoisotopic (exact) mass is 371 g/mol. The van der Waals surface area contributed by atoms with Crippen LogP contribution in [0.25, 0.3) is 0 Å². The van der Waals surface area contributed by atoms with Gasteiger partial charge in [-0.25, -0.2) is 0 Å². The zero-order valence-electron chi connectivity index (χ0n) is 14.5. The van der Waals surface area contributed by atoms with Crippen molar-refractivity contribution in [1.29, 1.82) is 0 Å². The first kappa shape index (κ1) is 18.3. The molecule has 1 aliphatic heterocycles. The molecule has 0 saturated carbocycles. The average Bonchev–Trinajstić information content (AvgIpc) is 2.84. The molecular weight excluding hydrogens is 350 g/mol. The van der Waals surface area contributed by atoms with E-state index in [2.05, 4.69) is 5.32 Å². The number of nitrogens with one attached hydrogen (secondary N) is 1. The third kappa shape index (κ3) is 4.19. The fraction of sp³-hybridized carbons (Fsp3) is 0.300. The van der Waals surface area contributed by atoms with Crippen molar-refractivity contribution < 1.29 is 19.4 Å². The molecule has 0 spiro atoms. The Morgan fingerprint density at radius 3 is 2.73 bits per heavy atom. The van der Waals surface area contributed by atoms with Crippen LogP contribution in [0.15, 0.2) is 53.4 Å². The van der Waals surface area contributed by atoms with E-state index < -0.39 is 11.2 Å². The first-order chi connectivity index (χ1) is 12.6. The number of carbonyl (C=O) groups excluding carboxylic acids is 1. The quantitative estimate of drug-likeness (QED) is 0.780. The lowest BCUT2D eigenvalue weighted by molar-refractivity contribution is -0.136. The van der Waals surface area contributed by atoms with Crippen LogP contribution in [0.4, 0.5) is 0 Å². The van der Waals surface area contributed by atoms with Gasteiger partial charge in [0, 0.05) is 10.5 Å². The highest BCUT2D eigenvalue weighted by atomic mass is 32.2. The van der Waals surface area contributed by atoms with Crippen molar-refractivity contribution in [3.63, 3.8) is 0 Å². The number of aliphatic carboxylic acids is 1. The maximum Gasteiger partial charge on any atom is 0.316 e. The zero-order valence-corrected chi connectivity index (χ0v) is 15.3. The van der Waals surface area contributed by atoms with Crippen LogP contribution in [0.1, 0.15) is 41.7 Å². The van der Waals surface area contributed by atoms with Crippen LogP contribution in [0.2, 0.25) is 0 Å². The van der Waals surface area contributed by atoms with Crippen molar-refractivity contribution in [2.45, 2.75) is 36.0 Å². The fourth-order valence-electron chi connectivity index (χ4n) is 2.91. The summed E-state index contributed by atoms with van der Waals surface area (Å²) in [6.07, 6.45) is 1.65. The Hall–Kier alpha value is -2.47. The summed E-state index contributed by atoms with van der Waals surface area (Å²) in [5.41, 5.74) is 1.47. The molecule has 2 N–H and O–H groups in total. The summed E-state index contributed by atoms with van der Waals surface area (Å²) in [6.45, 7) is 2.24. The van der Waals surface area contributed by atoms with Crippen LogP contribution in [0.5, 0.6) is 5.75 Å². The molecule has 2 aromatic carbocycles. The number of amides is 1. The smallest absolute Gasteiger partial charge is 0.316 e. The van der Waals surface area contributed by atoms with Crippen LogP contribution in [-0.2, 0) is 4.79 Å². The third-order valence-corrected chi connectivity index (χ3v) is 5.44. The lowest BCUT2D eigenvalue weighted by atomic mass is 10.0. The van der Waals surface area contributed by atoms with Crippen LogP contribution in [0, 0.1) is 0 Å². The van der Waals surface area contributed by atoms with Crippen molar-refractivity contribution in [2.75, 3.05) is 6.61 Å².